The molecule has 1 amide bonds. The summed E-state index contributed by atoms with van der Waals surface area (Å²) in [6.07, 6.45) is 13.3. The van der Waals surface area contributed by atoms with E-state index in [1.54, 1.807) is 0 Å². The Kier molecular flexibility index (Phi) is 13.5. The van der Waals surface area contributed by atoms with Crippen LogP contribution in [-0.2, 0) is 6.18 Å². The standard InChI is InChI=1S/C24H38F3NO/c1-2-3-4-5-6-7-8-9-10-11-12-13-14-15-19-28-23(29)21-17-16-18-22(20-21)24(25,26)27/h16-18,20H,2-15,19H2,1H3,(H,28,29). The van der Waals surface area contributed by atoms with Gasteiger partial charge in [0.05, 0.1) is 5.56 Å². The molecule has 0 heterocycles. The molecule has 0 saturated carbocycles. The van der Waals surface area contributed by atoms with Crippen molar-refractivity contribution in [3.05, 3.63) is 35.4 Å². The second-order valence-electron chi connectivity index (χ2n) is 7.93. The minimum absolute atomic E-state index is 0.0604. The van der Waals surface area contributed by atoms with E-state index in [0.717, 1.165) is 31.4 Å². The summed E-state index contributed by atoms with van der Waals surface area (Å²) in [6, 6.07) is 4.56. The number of alkyl halides is 3. The van der Waals surface area contributed by atoms with Crippen LogP contribution in [0.25, 0.3) is 0 Å². The Morgan fingerprint density at radius 3 is 1.76 bits per heavy atom. The molecule has 0 aliphatic heterocycles. The van der Waals surface area contributed by atoms with Gasteiger partial charge in [-0.15, -0.1) is 0 Å². The first-order chi connectivity index (χ1) is 13.9. The predicted octanol–water partition coefficient (Wildman–Crippen LogP) is 7.92. The van der Waals surface area contributed by atoms with Gasteiger partial charge in [0.25, 0.3) is 5.91 Å². The summed E-state index contributed by atoms with van der Waals surface area (Å²) in [4.78, 5) is 12.0. The molecule has 0 spiro atoms. The zero-order chi connectivity index (χ0) is 21.4. The van der Waals surface area contributed by atoms with Crippen molar-refractivity contribution < 1.29 is 18.0 Å². The lowest BCUT2D eigenvalue weighted by Gasteiger charge is -2.09. The molecule has 1 aromatic rings. The maximum atomic E-state index is 12.7. The molecule has 5 heteroatoms. The van der Waals surface area contributed by atoms with Crippen molar-refractivity contribution in [3.8, 4) is 0 Å². The number of halogens is 3. The van der Waals surface area contributed by atoms with Gasteiger partial charge in [-0.1, -0.05) is 96.5 Å². The van der Waals surface area contributed by atoms with Gasteiger partial charge in [-0.3, -0.25) is 4.79 Å². The quantitative estimate of drug-likeness (QED) is 0.274. The lowest BCUT2D eigenvalue weighted by Crippen LogP contribution is -2.24. The summed E-state index contributed by atoms with van der Waals surface area (Å²) < 4.78 is 38.1. The number of hydrogen-bond acceptors (Lipinski definition) is 1. The smallest absolute Gasteiger partial charge is 0.352 e. The molecule has 0 saturated heterocycles. The van der Waals surface area contributed by atoms with Gasteiger partial charge in [0.1, 0.15) is 0 Å². The highest BCUT2D eigenvalue weighted by molar-refractivity contribution is 5.94. The Bertz CT molecular complexity index is 557. The molecule has 0 aliphatic carbocycles. The van der Waals surface area contributed by atoms with Crippen LogP contribution in [0.5, 0.6) is 0 Å². The molecule has 0 bridgehead atoms. The van der Waals surface area contributed by atoms with Gasteiger partial charge < -0.3 is 5.32 Å². The summed E-state index contributed by atoms with van der Waals surface area (Å²) in [5.74, 6) is -0.439. The van der Waals surface area contributed by atoms with Crippen molar-refractivity contribution in [2.45, 2.75) is 103 Å². The Morgan fingerprint density at radius 2 is 1.28 bits per heavy atom. The maximum Gasteiger partial charge on any atom is 0.416 e. The van der Waals surface area contributed by atoms with Crippen LogP contribution in [-0.4, -0.2) is 12.5 Å². The Hall–Kier alpha value is -1.52. The number of nitrogens with one attached hydrogen (secondary N) is 1. The molecule has 0 aromatic heterocycles. The van der Waals surface area contributed by atoms with E-state index in [2.05, 4.69) is 12.2 Å². The summed E-state index contributed by atoms with van der Waals surface area (Å²) >= 11 is 0. The van der Waals surface area contributed by atoms with Gasteiger partial charge in [0.15, 0.2) is 0 Å². The van der Waals surface area contributed by atoms with Gasteiger partial charge in [-0.2, -0.15) is 13.2 Å². The van der Waals surface area contributed by atoms with E-state index in [4.69, 9.17) is 0 Å². The average molecular weight is 414 g/mol. The van der Waals surface area contributed by atoms with E-state index in [1.807, 2.05) is 0 Å². The highest BCUT2D eigenvalue weighted by Crippen LogP contribution is 2.29. The van der Waals surface area contributed by atoms with Gasteiger partial charge in [-0.05, 0) is 24.6 Å². The topological polar surface area (TPSA) is 29.1 Å². The summed E-state index contributed by atoms with van der Waals surface area (Å²) in [5.41, 5.74) is -0.730. The molecule has 1 aromatic carbocycles. The van der Waals surface area contributed by atoms with Crippen LogP contribution in [0.15, 0.2) is 24.3 Å². The Morgan fingerprint density at radius 1 is 0.793 bits per heavy atom. The number of benzene rings is 1. The van der Waals surface area contributed by atoms with Crippen molar-refractivity contribution in [3.63, 3.8) is 0 Å². The second-order valence-corrected chi connectivity index (χ2v) is 7.93. The van der Waals surface area contributed by atoms with Crippen molar-refractivity contribution >= 4 is 5.91 Å². The molecule has 2 nitrogen and oxygen atoms in total. The van der Waals surface area contributed by atoms with Gasteiger partial charge in [0.2, 0.25) is 0 Å². The second kappa shape index (κ2) is 15.3. The maximum absolute atomic E-state index is 12.7. The monoisotopic (exact) mass is 413 g/mol. The van der Waals surface area contributed by atoms with Gasteiger partial charge in [0, 0.05) is 12.1 Å². The predicted molar refractivity (Wildman–Crippen MR) is 114 cm³/mol. The summed E-state index contributed by atoms with van der Waals surface area (Å²) in [5, 5.41) is 2.71. The first-order valence-electron chi connectivity index (χ1n) is 11.4. The fraction of sp³-hybridized carbons (Fsp3) is 0.708. The van der Waals surface area contributed by atoms with E-state index >= 15 is 0 Å². The molecular weight excluding hydrogens is 375 g/mol. The van der Waals surface area contributed by atoms with Crippen LogP contribution >= 0.6 is 0 Å². The van der Waals surface area contributed by atoms with E-state index in [0.29, 0.717) is 6.54 Å². The number of carbonyl (C=O) groups excluding carboxylic acids is 1. The van der Waals surface area contributed by atoms with Crippen LogP contribution in [0, 0.1) is 0 Å². The highest BCUT2D eigenvalue weighted by atomic mass is 19.4. The number of unbranched alkanes of at least 4 members (excludes halogenated alkanes) is 13. The zero-order valence-electron chi connectivity index (χ0n) is 18.0. The zero-order valence-corrected chi connectivity index (χ0v) is 18.0. The molecular formula is C24H38F3NO. The van der Waals surface area contributed by atoms with Crippen LogP contribution in [0.2, 0.25) is 0 Å². The molecule has 0 atom stereocenters. The lowest BCUT2D eigenvalue weighted by molar-refractivity contribution is -0.137. The van der Waals surface area contributed by atoms with Crippen molar-refractivity contribution in [2.24, 2.45) is 0 Å². The molecule has 166 valence electrons. The van der Waals surface area contributed by atoms with Crippen LogP contribution in [0.3, 0.4) is 0 Å². The molecule has 0 aliphatic rings. The largest absolute Gasteiger partial charge is 0.416 e. The fourth-order valence-electron chi connectivity index (χ4n) is 3.46. The molecule has 1 N–H and O–H groups in total. The highest BCUT2D eigenvalue weighted by Gasteiger charge is 2.30. The SMILES string of the molecule is CCCCCCCCCCCCCCCCNC(=O)c1cccc(C(F)(F)F)c1. The minimum Gasteiger partial charge on any atom is -0.352 e. The van der Waals surface area contributed by atoms with Gasteiger partial charge in [-0.25, -0.2) is 0 Å². The van der Waals surface area contributed by atoms with E-state index in [-0.39, 0.29) is 5.56 Å². The van der Waals surface area contributed by atoms with E-state index < -0.39 is 17.6 Å². The molecule has 1 rings (SSSR count). The molecule has 0 unspecified atom stereocenters. The Labute approximate surface area is 174 Å². The third-order valence-corrected chi connectivity index (χ3v) is 5.27. The molecule has 0 radical (unpaired) electrons. The molecule has 0 fully saturated rings. The Balaban J connectivity index is 1.96. The van der Waals surface area contributed by atoms with Crippen molar-refractivity contribution in [2.75, 3.05) is 6.54 Å². The molecule has 29 heavy (non-hydrogen) atoms. The summed E-state index contributed by atoms with van der Waals surface area (Å²) in [7, 11) is 0. The number of hydrogen-bond donors (Lipinski definition) is 1. The van der Waals surface area contributed by atoms with Crippen LogP contribution in [0.4, 0.5) is 13.2 Å². The third-order valence-electron chi connectivity index (χ3n) is 5.27. The first-order valence-corrected chi connectivity index (χ1v) is 11.4. The summed E-state index contributed by atoms with van der Waals surface area (Å²) in [6.45, 7) is 2.75. The van der Waals surface area contributed by atoms with Gasteiger partial charge >= 0.3 is 6.18 Å². The van der Waals surface area contributed by atoms with E-state index in [1.165, 1.54) is 82.8 Å². The fourth-order valence-corrected chi connectivity index (χ4v) is 3.46. The number of rotatable bonds is 16. The number of carbonyl (C=O) groups is 1. The minimum atomic E-state index is -4.43. The number of amides is 1. The lowest BCUT2D eigenvalue weighted by atomic mass is 10.0. The average Bonchev–Trinajstić information content (AvgIpc) is 2.70. The van der Waals surface area contributed by atoms with E-state index in [9.17, 15) is 18.0 Å². The third kappa shape index (κ3) is 12.6. The normalized spacial score (nSPS) is 11.6. The van der Waals surface area contributed by atoms with Crippen molar-refractivity contribution in [1.29, 1.82) is 0 Å². The first kappa shape index (κ1) is 25.5. The van der Waals surface area contributed by atoms with Crippen LogP contribution < -0.4 is 5.32 Å². The van der Waals surface area contributed by atoms with Crippen molar-refractivity contribution in [1.82, 2.24) is 5.32 Å². The van der Waals surface area contributed by atoms with Crippen LogP contribution in [0.1, 0.15) is 113 Å².